The van der Waals surface area contributed by atoms with E-state index in [0.29, 0.717) is 5.75 Å². The minimum Gasteiger partial charge on any atom is -0.467 e. The number of carbonyl (C=O) groups is 4. The van der Waals surface area contributed by atoms with Crippen molar-refractivity contribution in [1.82, 2.24) is 0 Å². The molecule has 0 aromatic heterocycles. The first-order valence-electron chi connectivity index (χ1n) is 10.1. The Morgan fingerprint density at radius 1 is 0.758 bits per heavy atom. The average molecular weight is 460 g/mol. The molecule has 176 valence electrons. The molecule has 0 spiro atoms. The van der Waals surface area contributed by atoms with Crippen LogP contribution in [-0.2, 0) is 42.9 Å². The van der Waals surface area contributed by atoms with E-state index in [1.165, 1.54) is 0 Å². The van der Waals surface area contributed by atoms with Crippen molar-refractivity contribution in [3.8, 4) is 5.75 Å². The zero-order valence-corrected chi connectivity index (χ0v) is 18.5. The number of rotatable bonds is 6. The molecule has 0 N–H and O–H groups in total. The van der Waals surface area contributed by atoms with Gasteiger partial charge in [-0.05, 0) is 11.5 Å². The van der Waals surface area contributed by atoms with Gasteiger partial charge in [0.1, 0.15) is 5.75 Å². The highest BCUT2D eigenvalue weighted by Gasteiger charge is 2.55. The van der Waals surface area contributed by atoms with Crippen LogP contribution in [-0.4, -0.2) is 61.7 Å². The normalized spacial score (nSPS) is 24.4. The summed E-state index contributed by atoms with van der Waals surface area (Å²) in [6.07, 6.45) is -7.14. The minimum atomic E-state index is -1.52. The SMILES string of the molecule is COC(=O)[C@H]1O[C@@H](Oc2cccc3ccccc23)[C@H](OC(C)=O)[C@@H](OC(C)=O)[C@@H]1OC(C)=O. The summed E-state index contributed by atoms with van der Waals surface area (Å²) in [4.78, 5) is 48.0. The molecule has 0 amide bonds. The van der Waals surface area contributed by atoms with E-state index in [1.54, 1.807) is 12.1 Å². The van der Waals surface area contributed by atoms with Crippen molar-refractivity contribution in [3.05, 3.63) is 42.5 Å². The monoisotopic (exact) mass is 460 g/mol. The number of fused-ring (bicyclic) bond motifs is 1. The fourth-order valence-corrected chi connectivity index (χ4v) is 3.60. The number of ether oxygens (including phenoxy) is 6. The first-order valence-corrected chi connectivity index (χ1v) is 10.1. The summed E-state index contributed by atoms with van der Waals surface area (Å²) in [7, 11) is 1.12. The molecule has 0 unspecified atom stereocenters. The van der Waals surface area contributed by atoms with Gasteiger partial charge in [0.05, 0.1) is 7.11 Å². The Morgan fingerprint density at radius 3 is 1.97 bits per heavy atom. The van der Waals surface area contributed by atoms with Crippen molar-refractivity contribution < 1.29 is 47.6 Å². The van der Waals surface area contributed by atoms with Gasteiger partial charge >= 0.3 is 23.9 Å². The van der Waals surface area contributed by atoms with Crippen LogP contribution in [0.2, 0.25) is 0 Å². The van der Waals surface area contributed by atoms with Crippen LogP contribution in [0.1, 0.15) is 20.8 Å². The topological polar surface area (TPSA) is 124 Å². The highest BCUT2D eigenvalue weighted by molar-refractivity contribution is 5.88. The van der Waals surface area contributed by atoms with Gasteiger partial charge in [-0.1, -0.05) is 36.4 Å². The molecule has 1 aliphatic rings. The summed E-state index contributed by atoms with van der Waals surface area (Å²) in [5, 5.41) is 1.60. The molecule has 2 aromatic carbocycles. The Bertz CT molecular complexity index is 1040. The van der Waals surface area contributed by atoms with Crippen LogP contribution in [0.25, 0.3) is 10.8 Å². The van der Waals surface area contributed by atoms with E-state index in [2.05, 4.69) is 0 Å². The molecule has 0 saturated carbocycles. The number of carbonyl (C=O) groups excluding carboxylic acids is 4. The van der Waals surface area contributed by atoms with Crippen LogP contribution < -0.4 is 4.74 Å². The van der Waals surface area contributed by atoms with Gasteiger partial charge in [0, 0.05) is 26.2 Å². The number of hydrogen-bond donors (Lipinski definition) is 0. The van der Waals surface area contributed by atoms with Gasteiger partial charge in [-0.15, -0.1) is 0 Å². The van der Waals surface area contributed by atoms with E-state index in [9.17, 15) is 19.2 Å². The lowest BCUT2D eigenvalue weighted by atomic mass is 9.97. The third-order valence-electron chi connectivity index (χ3n) is 4.83. The van der Waals surface area contributed by atoms with Crippen molar-refractivity contribution in [3.63, 3.8) is 0 Å². The van der Waals surface area contributed by atoms with Crippen LogP contribution in [0.4, 0.5) is 0 Å². The summed E-state index contributed by atoms with van der Waals surface area (Å²) in [6.45, 7) is 3.38. The minimum absolute atomic E-state index is 0.367. The lowest BCUT2D eigenvalue weighted by Crippen LogP contribution is -2.64. The molecule has 10 heteroatoms. The molecule has 2 aromatic rings. The second-order valence-electron chi connectivity index (χ2n) is 7.27. The van der Waals surface area contributed by atoms with E-state index in [1.807, 2.05) is 30.3 Å². The molecule has 10 nitrogen and oxygen atoms in total. The standard InChI is InChI=1S/C23H24O10/c1-12(24)29-18-19(30-13(2)25)21(31-14(3)26)23(33-20(18)22(27)28-4)32-17-11-7-9-15-8-5-6-10-16(15)17/h5-11,18-21,23H,1-4H3/t18-,19-,20-,21+,23+/m0/s1. The molecule has 1 aliphatic heterocycles. The summed E-state index contributed by atoms with van der Waals surface area (Å²) >= 11 is 0. The highest BCUT2D eigenvalue weighted by Crippen LogP contribution is 2.33. The third-order valence-corrected chi connectivity index (χ3v) is 4.83. The van der Waals surface area contributed by atoms with Gasteiger partial charge in [0.25, 0.3) is 0 Å². The molecule has 1 heterocycles. The third kappa shape index (κ3) is 5.58. The highest BCUT2D eigenvalue weighted by atomic mass is 16.7. The molecule has 0 aliphatic carbocycles. The van der Waals surface area contributed by atoms with Gasteiger partial charge in [0.2, 0.25) is 12.4 Å². The van der Waals surface area contributed by atoms with Crippen LogP contribution in [0, 0.1) is 0 Å². The van der Waals surface area contributed by atoms with Crippen LogP contribution >= 0.6 is 0 Å². The Balaban J connectivity index is 2.07. The van der Waals surface area contributed by atoms with Crippen LogP contribution in [0.5, 0.6) is 5.75 Å². The molecule has 1 fully saturated rings. The number of hydrogen-bond acceptors (Lipinski definition) is 10. The van der Waals surface area contributed by atoms with Crippen molar-refractivity contribution in [1.29, 1.82) is 0 Å². The van der Waals surface area contributed by atoms with Crippen molar-refractivity contribution in [2.24, 2.45) is 0 Å². The second kappa shape index (κ2) is 10.3. The zero-order chi connectivity index (χ0) is 24.1. The summed E-state index contributed by atoms with van der Waals surface area (Å²) in [5.41, 5.74) is 0. The predicted octanol–water partition coefficient (Wildman–Crippen LogP) is 1.91. The van der Waals surface area contributed by atoms with Crippen LogP contribution in [0.3, 0.4) is 0 Å². The fourth-order valence-electron chi connectivity index (χ4n) is 3.60. The first kappa shape index (κ1) is 24.0. The van der Waals surface area contributed by atoms with E-state index >= 15 is 0 Å². The predicted molar refractivity (Wildman–Crippen MR) is 112 cm³/mol. The van der Waals surface area contributed by atoms with Crippen molar-refractivity contribution in [2.75, 3.05) is 7.11 Å². The molecule has 33 heavy (non-hydrogen) atoms. The van der Waals surface area contributed by atoms with Gasteiger partial charge in [-0.25, -0.2) is 4.79 Å². The van der Waals surface area contributed by atoms with E-state index in [0.717, 1.165) is 38.7 Å². The lowest BCUT2D eigenvalue weighted by molar-refractivity contribution is -0.282. The maximum absolute atomic E-state index is 12.5. The lowest BCUT2D eigenvalue weighted by Gasteiger charge is -2.43. The van der Waals surface area contributed by atoms with Gasteiger partial charge < -0.3 is 28.4 Å². The maximum atomic E-state index is 12.5. The van der Waals surface area contributed by atoms with E-state index < -0.39 is 54.6 Å². The van der Waals surface area contributed by atoms with Gasteiger partial charge in [-0.2, -0.15) is 0 Å². The van der Waals surface area contributed by atoms with Crippen LogP contribution in [0.15, 0.2) is 42.5 Å². The number of benzene rings is 2. The van der Waals surface area contributed by atoms with Gasteiger partial charge in [-0.3, -0.25) is 14.4 Å². The molecular weight excluding hydrogens is 436 g/mol. The summed E-state index contributed by atoms with van der Waals surface area (Å²) < 4.78 is 32.5. The maximum Gasteiger partial charge on any atom is 0.339 e. The Morgan fingerprint density at radius 2 is 1.33 bits per heavy atom. The van der Waals surface area contributed by atoms with Crippen molar-refractivity contribution >= 4 is 34.6 Å². The first-order chi connectivity index (χ1) is 15.7. The smallest absolute Gasteiger partial charge is 0.339 e. The Kier molecular flexibility index (Phi) is 7.49. The Labute approximate surface area is 189 Å². The van der Waals surface area contributed by atoms with E-state index in [4.69, 9.17) is 28.4 Å². The number of methoxy groups -OCH3 is 1. The summed E-state index contributed by atoms with van der Waals surface area (Å²) in [6, 6.07) is 12.7. The van der Waals surface area contributed by atoms with Gasteiger partial charge in [0.15, 0.2) is 18.3 Å². The average Bonchev–Trinajstić information content (AvgIpc) is 2.76. The molecule has 5 atom stereocenters. The molecule has 3 rings (SSSR count). The molecule has 0 bridgehead atoms. The van der Waals surface area contributed by atoms with Crippen molar-refractivity contribution in [2.45, 2.75) is 51.5 Å². The largest absolute Gasteiger partial charge is 0.467 e. The molecule has 1 saturated heterocycles. The Hall–Kier alpha value is -3.66. The second-order valence-corrected chi connectivity index (χ2v) is 7.27. The summed E-state index contributed by atoms with van der Waals surface area (Å²) in [5.74, 6) is -2.80. The fraction of sp³-hybridized carbons (Fsp3) is 0.391. The quantitative estimate of drug-likeness (QED) is 0.466. The number of esters is 4. The van der Waals surface area contributed by atoms with E-state index in [-0.39, 0.29) is 0 Å². The molecular formula is C23H24O10. The zero-order valence-electron chi connectivity index (χ0n) is 18.5. The molecule has 0 radical (unpaired) electrons.